The van der Waals surface area contributed by atoms with Gasteiger partial charge in [0.05, 0.1) is 0 Å². The maximum atomic E-state index is 7.46. The molecule has 0 heterocycles. The Hall–Kier alpha value is 0.492. The Balaban J connectivity index is 0. The predicted molar refractivity (Wildman–Crippen MR) is 12.4 cm³/mol. The van der Waals surface area contributed by atoms with Crippen LogP contribution in [0.4, 0.5) is 0 Å². The van der Waals surface area contributed by atoms with Gasteiger partial charge in [-0.1, -0.05) is 6.61 Å². The maximum Gasteiger partial charge on any atom is 0 e. The zero-order chi connectivity index (χ0) is 2.71. The second-order valence-corrected chi connectivity index (χ2v) is 0.224. The van der Waals surface area contributed by atoms with Crippen molar-refractivity contribution in [2.75, 3.05) is 6.61 Å². The normalized spacial score (nSPS) is 4.50. The molecule has 4 heavy (non-hydrogen) atoms. The first-order chi connectivity index (χ1) is 1.41. The third kappa shape index (κ3) is 22.9. The van der Waals surface area contributed by atoms with Crippen LogP contribution < -0.4 is 0 Å². The second-order valence-electron chi connectivity index (χ2n) is 0.224. The Bertz CT molecular complexity index is 6.00. The molecule has 0 atom stereocenters. The molecular formula is C2H5CrO-. The zero-order valence-corrected chi connectivity index (χ0v) is 3.54. The number of hydrogen-bond acceptors (Lipinski definition) is 1. The SMILES string of the molecule is [CH2-]CO.[Cr]. The first-order valence-corrected chi connectivity index (χ1v) is 0.816. The number of hydrogen-bond donors (Lipinski definition) is 1. The monoisotopic (exact) mass is 97.0 g/mol. The van der Waals surface area contributed by atoms with Crippen LogP contribution in [0.2, 0.25) is 0 Å². The molecule has 0 amide bonds. The Kier molecular flexibility index (Phi) is 21.5. The molecule has 0 aliphatic rings. The summed E-state index contributed by atoms with van der Waals surface area (Å²) in [4.78, 5) is 0. The largest absolute Gasteiger partial charge is 0.428 e. The van der Waals surface area contributed by atoms with Gasteiger partial charge in [-0.15, -0.1) is 0 Å². The molecule has 0 spiro atoms. The van der Waals surface area contributed by atoms with Crippen molar-refractivity contribution in [2.24, 2.45) is 0 Å². The van der Waals surface area contributed by atoms with E-state index >= 15 is 0 Å². The Morgan fingerprint density at radius 3 is 1.75 bits per heavy atom. The molecule has 0 unspecified atom stereocenters. The summed E-state index contributed by atoms with van der Waals surface area (Å²) in [5.74, 6) is 0. The van der Waals surface area contributed by atoms with Crippen molar-refractivity contribution in [1.82, 2.24) is 0 Å². The first kappa shape index (κ1) is 8.82. The van der Waals surface area contributed by atoms with Crippen molar-refractivity contribution >= 4 is 0 Å². The van der Waals surface area contributed by atoms with Gasteiger partial charge in [-0.05, 0) is 0 Å². The summed E-state index contributed by atoms with van der Waals surface area (Å²) in [5, 5.41) is 7.46. The molecule has 26 valence electrons. The molecule has 0 aliphatic heterocycles. The topological polar surface area (TPSA) is 20.2 Å². The zero-order valence-electron chi connectivity index (χ0n) is 2.27. The van der Waals surface area contributed by atoms with Crippen LogP contribution in [0, 0.1) is 6.92 Å². The van der Waals surface area contributed by atoms with E-state index in [1.807, 2.05) is 0 Å². The molecule has 0 saturated heterocycles. The van der Waals surface area contributed by atoms with E-state index in [9.17, 15) is 0 Å². The maximum absolute atomic E-state index is 7.46. The van der Waals surface area contributed by atoms with Crippen LogP contribution in [0.1, 0.15) is 0 Å². The molecule has 0 aromatic rings. The van der Waals surface area contributed by atoms with E-state index in [0.717, 1.165) is 0 Å². The fourth-order valence-electron chi connectivity index (χ4n) is 0. The van der Waals surface area contributed by atoms with E-state index in [4.69, 9.17) is 5.11 Å². The van der Waals surface area contributed by atoms with Crippen molar-refractivity contribution in [3.8, 4) is 0 Å². The van der Waals surface area contributed by atoms with E-state index in [-0.39, 0.29) is 24.0 Å². The van der Waals surface area contributed by atoms with Crippen molar-refractivity contribution in [3.05, 3.63) is 6.92 Å². The van der Waals surface area contributed by atoms with Gasteiger partial charge in [0, 0.05) is 17.4 Å². The van der Waals surface area contributed by atoms with Crippen molar-refractivity contribution < 1.29 is 22.5 Å². The van der Waals surface area contributed by atoms with Crippen molar-refractivity contribution in [1.29, 1.82) is 0 Å². The Labute approximate surface area is 36.8 Å². The molecule has 1 nitrogen and oxygen atoms in total. The van der Waals surface area contributed by atoms with Gasteiger partial charge in [-0.3, -0.25) is 0 Å². The quantitative estimate of drug-likeness (QED) is 0.415. The average Bonchev–Trinajstić information content (AvgIpc) is 0.918. The minimum atomic E-state index is 0. The molecule has 2 heteroatoms. The average molecular weight is 97.1 g/mol. The summed E-state index contributed by atoms with van der Waals surface area (Å²) in [5.41, 5.74) is 0. The molecule has 0 aromatic heterocycles. The van der Waals surface area contributed by atoms with Gasteiger partial charge in [-0.2, -0.15) is 0 Å². The van der Waals surface area contributed by atoms with Crippen LogP contribution in [0.3, 0.4) is 0 Å². The van der Waals surface area contributed by atoms with E-state index in [2.05, 4.69) is 6.92 Å². The van der Waals surface area contributed by atoms with Gasteiger partial charge in [0.2, 0.25) is 0 Å². The van der Waals surface area contributed by atoms with E-state index in [1.165, 1.54) is 0 Å². The van der Waals surface area contributed by atoms with E-state index < -0.39 is 0 Å². The van der Waals surface area contributed by atoms with Gasteiger partial charge in [0.25, 0.3) is 0 Å². The molecular weight excluding hydrogens is 92.0 g/mol. The first-order valence-electron chi connectivity index (χ1n) is 0.816. The molecule has 0 aliphatic carbocycles. The van der Waals surface area contributed by atoms with Crippen LogP contribution in [-0.4, -0.2) is 11.7 Å². The third-order valence-corrected chi connectivity index (χ3v) is 0. The van der Waals surface area contributed by atoms with Gasteiger partial charge < -0.3 is 12.0 Å². The molecule has 0 radical (unpaired) electrons. The second kappa shape index (κ2) is 9.74. The number of aliphatic hydroxyl groups excluding tert-OH is 1. The minimum Gasteiger partial charge on any atom is -0.428 e. The van der Waals surface area contributed by atoms with Crippen LogP contribution in [0.25, 0.3) is 0 Å². The molecule has 0 saturated carbocycles. The van der Waals surface area contributed by atoms with Gasteiger partial charge in [0.15, 0.2) is 0 Å². The molecule has 0 aromatic carbocycles. The summed E-state index contributed by atoms with van der Waals surface area (Å²) >= 11 is 0. The minimum absolute atomic E-state index is 0. The number of aliphatic hydroxyl groups is 1. The Morgan fingerprint density at radius 1 is 1.75 bits per heavy atom. The summed E-state index contributed by atoms with van der Waals surface area (Å²) in [6.07, 6.45) is 0. The Morgan fingerprint density at radius 2 is 1.75 bits per heavy atom. The fourth-order valence-corrected chi connectivity index (χ4v) is 0. The van der Waals surface area contributed by atoms with Crippen LogP contribution >= 0.6 is 0 Å². The summed E-state index contributed by atoms with van der Waals surface area (Å²) < 4.78 is 0. The molecule has 0 fully saturated rings. The number of rotatable bonds is 0. The third-order valence-electron chi connectivity index (χ3n) is 0. The van der Waals surface area contributed by atoms with Crippen LogP contribution in [0.15, 0.2) is 0 Å². The van der Waals surface area contributed by atoms with Crippen LogP contribution in [-0.2, 0) is 17.4 Å². The standard InChI is InChI=1S/C2H5O.Cr/c1-2-3;/h3H,1-2H2;/q-1;. The van der Waals surface area contributed by atoms with Crippen LogP contribution in [0.5, 0.6) is 0 Å². The smallest absolute Gasteiger partial charge is 0 e. The summed E-state index contributed by atoms with van der Waals surface area (Å²) in [6.45, 7) is 3.04. The van der Waals surface area contributed by atoms with E-state index in [0.29, 0.717) is 0 Å². The predicted octanol–water partition coefficient (Wildman–Crippen LogP) is -0.190. The van der Waals surface area contributed by atoms with Gasteiger partial charge in [-0.25, -0.2) is 0 Å². The van der Waals surface area contributed by atoms with Crippen molar-refractivity contribution in [3.63, 3.8) is 0 Å². The summed E-state index contributed by atoms with van der Waals surface area (Å²) in [6, 6.07) is 0. The molecule has 1 N–H and O–H groups in total. The molecule has 0 bridgehead atoms. The van der Waals surface area contributed by atoms with Gasteiger partial charge >= 0.3 is 0 Å². The van der Waals surface area contributed by atoms with E-state index in [1.54, 1.807) is 0 Å². The molecule has 0 rings (SSSR count). The van der Waals surface area contributed by atoms with Crippen molar-refractivity contribution in [2.45, 2.75) is 0 Å². The summed E-state index contributed by atoms with van der Waals surface area (Å²) in [7, 11) is 0. The fraction of sp³-hybridized carbons (Fsp3) is 0.500. The van der Waals surface area contributed by atoms with Gasteiger partial charge in [0.1, 0.15) is 0 Å².